The van der Waals surface area contributed by atoms with E-state index in [2.05, 4.69) is 0 Å². The first-order valence-electron chi connectivity index (χ1n) is 8.36. The van der Waals surface area contributed by atoms with Crippen LogP contribution in [0.3, 0.4) is 0 Å². The molecule has 0 fully saturated rings. The van der Waals surface area contributed by atoms with Crippen molar-refractivity contribution in [2.45, 2.75) is 22.8 Å². The minimum absolute atomic E-state index is 0.166. The van der Waals surface area contributed by atoms with Crippen LogP contribution in [0.15, 0.2) is 76.5 Å². The Bertz CT molecular complexity index is 979. The van der Waals surface area contributed by atoms with Gasteiger partial charge >= 0.3 is 0 Å². The van der Waals surface area contributed by atoms with Crippen LogP contribution < -0.4 is 9.64 Å². The smallest absolute Gasteiger partial charge is 0.272 e. The van der Waals surface area contributed by atoms with Crippen molar-refractivity contribution in [3.8, 4) is 5.75 Å². The Morgan fingerprint density at radius 3 is 2.15 bits per heavy atom. The highest BCUT2D eigenvalue weighted by molar-refractivity contribution is 7.99. The maximum absolute atomic E-state index is 13.3. The second kappa shape index (κ2) is 7.47. The van der Waals surface area contributed by atoms with Crippen LogP contribution in [0.25, 0.3) is 0 Å². The molecule has 1 aliphatic rings. The number of benzene rings is 3. The summed E-state index contributed by atoms with van der Waals surface area (Å²) >= 11 is 13.8. The predicted octanol–water partition coefficient (Wildman–Crippen LogP) is 6.59. The van der Waals surface area contributed by atoms with Gasteiger partial charge in [-0.1, -0.05) is 59.2 Å². The molecule has 1 heterocycles. The van der Waals surface area contributed by atoms with E-state index in [0.29, 0.717) is 15.8 Å². The van der Waals surface area contributed by atoms with E-state index in [1.807, 2.05) is 48.5 Å². The van der Waals surface area contributed by atoms with Crippen molar-refractivity contribution in [1.82, 2.24) is 0 Å². The Morgan fingerprint density at radius 2 is 1.56 bits per heavy atom. The lowest BCUT2D eigenvalue weighted by molar-refractivity contribution is -0.123. The number of fused-ring (bicyclic) bond motifs is 2. The number of carbonyl (C=O) groups excluding carboxylic acids is 1. The summed E-state index contributed by atoms with van der Waals surface area (Å²) in [6.07, 6.45) is -0.729. The number of para-hydroxylation sites is 2. The van der Waals surface area contributed by atoms with E-state index in [-0.39, 0.29) is 5.91 Å². The summed E-state index contributed by atoms with van der Waals surface area (Å²) in [5, 5.41) is 0.888. The van der Waals surface area contributed by atoms with E-state index >= 15 is 0 Å². The minimum Gasteiger partial charge on any atom is -0.479 e. The molecular formula is C21H15Cl2NO2S. The molecule has 3 nitrogen and oxygen atoms in total. The first-order valence-corrected chi connectivity index (χ1v) is 9.93. The molecule has 1 aliphatic heterocycles. The number of carbonyl (C=O) groups is 1. The lowest BCUT2D eigenvalue weighted by Crippen LogP contribution is -2.38. The van der Waals surface area contributed by atoms with Crippen LogP contribution in [0.4, 0.5) is 11.4 Å². The van der Waals surface area contributed by atoms with Crippen molar-refractivity contribution in [2.75, 3.05) is 4.90 Å². The fourth-order valence-corrected chi connectivity index (χ4v) is 4.45. The van der Waals surface area contributed by atoms with E-state index in [1.54, 1.807) is 41.8 Å². The predicted molar refractivity (Wildman–Crippen MR) is 111 cm³/mol. The molecule has 0 saturated carbocycles. The molecule has 3 aromatic carbocycles. The Morgan fingerprint density at radius 1 is 0.963 bits per heavy atom. The van der Waals surface area contributed by atoms with Crippen LogP contribution in [0.2, 0.25) is 10.0 Å². The maximum atomic E-state index is 13.3. The fraction of sp³-hybridized carbons (Fsp3) is 0.0952. The van der Waals surface area contributed by atoms with Crippen LogP contribution in [0, 0.1) is 0 Å². The number of nitrogens with zero attached hydrogens (tertiary/aromatic N) is 1. The van der Waals surface area contributed by atoms with E-state index in [1.165, 1.54) is 0 Å². The molecule has 27 heavy (non-hydrogen) atoms. The second-order valence-corrected chi connectivity index (χ2v) is 7.97. The van der Waals surface area contributed by atoms with Gasteiger partial charge in [0.1, 0.15) is 5.75 Å². The lowest BCUT2D eigenvalue weighted by Gasteiger charge is -2.32. The third-order valence-electron chi connectivity index (χ3n) is 4.20. The summed E-state index contributed by atoms with van der Waals surface area (Å²) in [6.45, 7) is 1.72. The Labute approximate surface area is 171 Å². The van der Waals surface area contributed by atoms with E-state index < -0.39 is 6.10 Å². The third-order valence-corrected chi connectivity index (χ3v) is 5.86. The Kier molecular flexibility index (Phi) is 5.04. The highest BCUT2D eigenvalue weighted by atomic mass is 35.5. The van der Waals surface area contributed by atoms with Gasteiger partial charge < -0.3 is 4.74 Å². The topological polar surface area (TPSA) is 29.5 Å². The quantitative estimate of drug-likeness (QED) is 0.482. The molecule has 136 valence electrons. The zero-order valence-electron chi connectivity index (χ0n) is 14.4. The van der Waals surface area contributed by atoms with Crippen molar-refractivity contribution in [2.24, 2.45) is 0 Å². The molecule has 0 radical (unpaired) electrons. The number of halogens is 2. The summed E-state index contributed by atoms with van der Waals surface area (Å²) < 4.78 is 5.86. The Balaban J connectivity index is 1.69. The number of hydrogen-bond acceptors (Lipinski definition) is 3. The van der Waals surface area contributed by atoms with Crippen molar-refractivity contribution in [3.05, 3.63) is 76.8 Å². The summed E-state index contributed by atoms with van der Waals surface area (Å²) in [6, 6.07) is 20.6. The average Bonchev–Trinajstić information content (AvgIpc) is 2.67. The van der Waals surface area contributed by atoms with E-state index in [0.717, 1.165) is 21.2 Å². The van der Waals surface area contributed by atoms with Gasteiger partial charge in [0.2, 0.25) is 0 Å². The second-order valence-electron chi connectivity index (χ2n) is 6.05. The van der Waals surface area contributed by atoms with Gasteiger partial charge in [0, 0.05) is 14.8 Å². The van der Waals surface area contributed by atoms with Crippen LogP contribution >= 0.6 is 35.0 Å². The molecular weight excluding hydrogens is 401 g/mol. The van der Waals surface area contributed by atoms with Gasteiger partial charge in [-0.25, -0.2) is 0 Å². The zero-order valence-corrected chi connectivity index (χ0v) is 16.7. The fourth-order valence-electron chi connectivity index (χ4n) is 2.94. The molecule has 0 aliphatic carbocycles. The molecule has 3 aromatic rings. The molecule has 1 unspecified atom stereocenters. The molecule has 1 amide bonds. The number of rotatable bonds is 3. The van der Waals surface area contributed by atoms with E-state index in [9.17, 15) is 4.79 Å². The largest absolute Gasteiger partial charge is 0.479 e. The molecule has 0 bridgehead atoms. The summed E-state index contributed by atoms with van der Waals surface area (Å²) in [7, 11) is 0. The zero-order chi connectivity index (χ0) is 19.0. The van der Waals surface area contributed by atoms with Gasteiger partial charge in [0.25, 0.3) is 5.91 Å². The SMILES string of the molecule is CC(Oc1ccc(Cl)cc1Cl)C(=O)N1c2ccccc2Sc2ccccc21. The highest BCUT2D eigenvalue weighted by Gasteiger charge is 2.31. The monoisotopic (exact) mass is 415 g/mol. The van der Waals surface area contributed by atoms with Gasteiger partial charge in [-0.05, 0) is 49.4 Å². The summed E-state index contributed by atoms with van der Waals surface area (Å²) in [5.74, 6) is 0.260. The van der Waals surface area contributed by atoms with Crippen molar-refractivity contribution >= 4 is 52.2 Å². The summed E-state index contributed by atoms with van der Waals surface area (Å²) in [4.78, 5) is 17.1. The van der Waals surface area contributed by atoms with Gasteiger partial charge in [0.05, 0.1) is 16.4 Å². The molecule has 1 atom stereocenters. The molecule has 0 aromatic heterocycles. The number of anilines is 2. The van der Waals surface area contributed by atoms with Crippen LogP contribution in [-0.4, -0.2) is 12.0 Å². The van der Waals surface area contributed by atoms with Crippen LogP contribution in [0.1, 0.15) is 6.92 Å². The van der Waals surface area contributed by atoms with Crippen LogP contribution in [-0.2, 0) is 4.79 Å². The van der Waals surface area contributed by atoms with E-state index in [4.69, 9.17) is 27.9 Å². The highest BCUT2D eigenvalue weighted by Crippen LogP contribution is 2.48. The number of hydrogen-bond donors (Lipinski definition) is 0. The standard InChI is InChI=1S/C21H15Cl2NO2S/c1-13(26-18-11-10-14(22)12-15(18)23)21(25)24-16-6-2-4-8-19(16)27-20-9-5-3-7-17(20)24/h2-13H,1H3. The van der Waals surface area contributed by atoms with Crippen LogP contribution in [0.5, 0.6) is 5.75 Å². The lowest BCUT2D eigenvalue weighted by atomic mass is 10.2. The van der Waals surface area contributed by atoms with Crippen molar-refractivity contribution in [3.63, 3.8) is 0 Å². The average molecular weight is 416 g/mol. The van der Waals surface area contributed by atoms with Gasteiger partial charge in [0.15, 0.2) is 6.10 Å². The minimum atomic E-state index is -0.729. The van der Waals surface area contributed by atoms with Crippen molar-refractivity contribution < 1.29 is 9.53 Å². The summed E-state index contributed by atoms with van der Waals surface area (Å²) in [5.41, 5.74) is 1.70. The van der Waals surface area contributed by atoms with Gasteiger partial charge in [-0.2, -0.15) is 0 Å². The molecule has 0 saturated heterocycles. The van der Waals surface area contributed by atoms with Gasteiger partial charge in [-0.3, -0.25) is 9.69 Å². The Hall–Kier alpha value is -2.14. The maximum Gasteiger partial charge on any atom is 0.272 e. The molecule has 0 N–H and O–H groups in total. The molecule has 0 spiro atoms. The third kappa shape index (κ3) is 3.53. The first kappa shape index (κ1) is 18.2. The van der Waals surface area contributed by atoms with Crippen molar-refractivity contribution in [1.29, 1.82) is 0 Å². The first-order chi connectivity index (χ1) is 13.0. The van der Waals surface area contributed by atoms with Gasteiger partial charge in [-0.15, -0.1) is 0 Å². The molecule has 6 heteroatoms. The normalized spacial score (nSPS) is 13.5. The number of ether oxygens (including phenoxy) is 1. The molecule has 4 rings (SSSR count). The number of amides is 1.